The lowest BCUT2D eigenvalue weighted by Gasteiger charge is -2.27. The van der Waals surface area contributed by atoms with Crippen LogP contribution in [-0.4, -0.2) is 61.0 Å². The highest BCUT2D eigenvalue weighted by Gasteiger charge is 2.17. The summed E-state index contributed by atoms with van der Waals surface area (Å²) in [6.45, 7) is 4.88. The third-order valence-corrected chi connectivity index (χ3v) is 6.22. The maximum Gasteiger partial charge on any atom is 0.228 e. The van der Waals surface area contributed by atoms with Gasteiger partial charge in [0.1, 0.15) is 11.3 Å². The van der Waals surface area contributed by atoms with Crippen molar-refractivity contribution >= 4 is 39.4 Å². The number of aryl methyl sites for hydroxylation is 3. The SMILES string of the molecule is Cc1nn(C)c2cc(-c3cc(Nc4ccc5c(c4)nnn5C)nc(N4CCOCC4)n3)ccc12. The molecular weight excluding hydrogens is 430 g/mol. The topological polar surface area (TPSA) is 98.8 Å². The molecule has 10 heteroatoms. The van der Waals surface area contributed by atoms with Crippen LogP contribution >= 0.6 is 0 Å². The summed E-state index contributed by atoms with van der Waals surface area (Å²) < 4.78 is 9.20. The first-order chi connectivity index (χ1) is 16.5. The molecule has 1 aliphatic heterocycles. The Morgan fingerprint density at radius 2 is 1.76 bits per heavy atom. The van der Waals surface area contributed by atoms with Crippen molar-refractivity contribution in [2.45, 2.75) is 6.92 Å². The predicted molar refractivity (Wildman–Crippen MR) is 131 cm³/mol. The fourth-order valence-corrected chi connectivity index (χ4v) is 4.41. The van der Waals surface area contributed by atoms with Crippen molar-refractivity contribution < 1.29 is 4.74 Å². The largest absolute Gasteiger partial charge is 0.378 e. The molecule has 0 radical (unpaired) electrons. The third kappa shape index (κ3) is 3.61. The Balaban J connectivity index is 1.43. The summed E-state index contributed by atoms with van der Waals surface area (Å²) in [4.78, 5) is 11.9. The zero-order valence-electron chi connectivity index (χ0n) is 19.4. The van der Waals surface area contributed by atoms with Crippen LogP contribution in [0.15, 0.2) is 42.5 Å². The lowest BCUT2D eigenvalue weighted by molar-refractivity contribution is 0.122. The smallest absolute Gasteiger partial charge is 0.228 e. The molecular formula is C24H25N9O. The molecule has 4 heterocycles. The van der Waals surface area contributed by atoms with Crippen molar-refractivity contribution in [3.05, 3.63) is 48.2 Å². The average Bonchev–Trinajstić information content (AvgIpc) is 3.37. The van der Waals surface area contributed by atoms with E-state index in [0.29, 0.717) is 19.2 Å². The summed E-state index contributed by atoms with van der Waals surface area (Å²) in [6.07, 6.45) is 0. The molecule has 34 heavy (non-hydrogen) atoms. The summed E-state index contributed by atoms with van der Waals surface area (Å²) in [5.41, 5.74) is 6.64. The number of anilines is 3. The van der Waals surface area contributed by atoms with E-state index in [1.165, 1.54) is 0 Å². The number of benzene rings is 2. The van der Waals surface area contributed by atoms with E-state index in [0.717, 1.165) is 63.5 Å². The summed E-state index contributed by atoms with van der Waals surface area (Å²) in [5.74, 6) is 1.40. The van der Waals surface area contributed by atoms with E-state index in [9.17, 15) is 0 Å². The summed E-state index contributed by atoms with van der Waals surface area (Å²) in [7, 11) is 3.85. The maximum atomic E-state index is 5.53. The number of hydrogen-bond donors (Lipinski definition) is 1. The van der Waals surface area contributed by atoms with Crippen LogP contribution in [0.25, 0.3) is 33.2 Å². The van der Waals surface area contributed by atoms with Crippen LogP contribution in [0.3, 0.4) is 0 Å². The first-order valence-corrected chi connectivity index (χ1v) is 11.3. The van der Waals surface area contributed by atoms with Crippen LogP contribution in [0.5, 0.6) is 0 Å². The second kappa shape index (κ2) is 8.07. The van der Waals surface area contributed by atoms with Gasteiger partial charge in [-0.1, -0.05) is 17.3 Å². The standard InChI is InChI=1S/C24H25N9O/c1-15-18-6-4-16(12-22(18)31(2)29-15)19-14-23(27-24(26-19)33-8-10-34-11-9-33)25-17-5-7-21-20(13-17)28-30-32(21)3/h4-7,12-14H,8-11H2,1-3H3,(H,25,26,27). The van der Waals surface area contributed by atoms with E-state index >= 15 is 0 Å². The molecule has 0 bridgehead atoms. The zero-order valence-corrected chi connectivity index (χ0v) is 19.4. The average molecular weight is 456 g/mol. The molecule has 3 aromatic heterocycles. The van der Waals surface area contributed by atoms with E-state index < -0.39 is 0 Å². The molecule has 1 aliphatic rings. The van der Waals surface area contributed by atoms with E-state index in [2.05, 4.69) is 43.8 Å². The minimum absolute atomic E-state index is 0.667. The number of morpholine rings is 1. The normalized spacial score (nSPS) is 14.3. The Labute approximate surface area is 196 Å². The quantitative estimate of drug-likeness (QED) is 0.441. The minimum Gasteiger partial charge on any atom is -0.378 e. The second-order valence-electron chi connectivity index (χ2n) is 8.52. The molecule has 0 atom stereocenters. The number of rotatable bonds is 4. The Bertz CT molecular complexity index is 1510. The lowest BCUT2D eigenvalue weighted by atomic mass is 10.1. The first-order valence-electron chi connectivity index (χ1n) is 11.3. The van der Waals surface area contributed by atoms with Crippen LogP contribution in [0.2, 0.25) is 0 Å². The van der Waals surface area contributed by atoms with Crippen LogP contribution in [0.1, 0.15) is 5.69 Å². The van der Waals surface area contributed by atoms with Gasteiger partial charge in [-0.25, -0.2) is 9.67 Å². The molecule has 0 saturated carbocycles. The monoisotopic (exact) mass is 455 g/mol. The van der Waals surface area contributed by atoms with Gasteiger partial charge in [0.2, 0.25) is 5.95 Å². The zero-order chi connectivity index (χ0) is 23.2. The van der Waals surface area contributed by atoms with Crippen molar-refractivity contribution in [1.82, 2.24) is 34.7 Å². The van der Waals surface area contributed by atoms with E-state index in [1.807, 2.05) is 50.0 Å². The Morgan fingerprint density at radius 3 is 2.62 bits per heavy atom. The van der Waals surface area contributed by atoms with Gasteiger partial charge >= 0.3 is 0 Å². The molecule has 0 unspecified atom stereocenters. The Hall–Kier alpha value is -4.05. The molecule has 2 aromatic carbocycles. The second-order valence-corrected chi connectivity index (χ2v) is 8.52. The number of fused-ring (bicyclic) bond motifs is 2. The number of nitrogens with zero attached hydrogens (tertiary/aromatic N) is 8. The van der Waals surface area contributed by atoms with Crippen LogP contribution < -0.4 is 10.2 Å². The molecule has 172 valence electrons. The van der Waals surface area contributed by atoms with Crippen molar-refractivity contribution in [3.8, 4) is 11.3 Å². The Kier molecular flexibility index (Phi) is 4.88. The van der Waals surface area contributed by atoms with Gasteiger partial charge in [-0.05, 0) is 31.2 Å². The number of nitrogens with one attached hydrogen (secondary N) is 1. The van der Waals surface area contributed by atoms with Gasteiger partial charge in [0.25, 0.3) is 0 Å². The van der Waals surface area contributed by atoms with Crippen LogP contribution in [-0.2, 0) is 18.8 Å². The fraction of sp³-hybridized carbons (Fsp3) is 0.292. The van der Waals surface area contributed by atoms with Crippen molar-refractivity contribution in [1.29, 1.82) is 0 Å². The van der Waals surface area contributed by atoms with Gasteiger partial charge in [-0.15, -0.1) is 5.10 Å². The van der Waals surface area contributed by atoms with Crippen molar-refractivity contribution in [3.63, 3.8) is 0 Å². The molecule has 10 nitrogen and oxygen atoms in total. The number of hydrogen-bond acceptors (Lipinski definition) is 8. The van der Waals surface area contributed by atoms with Crippen LogP contribution in [0.4, 0.5) is 17.5 Å². The lowest BCUT2D eigenvalue weighted by Crippen LogP contribution is -2.37. The first kappa shape index (κ1) is 20.5. The summed E-state index contributed by atoms with van der Waals surface area (Å²) >= 11 is 0. The highest BCUT2D eigenvalue weighted by Crippen LogP contribution is 2.29. The summed E-state index contributed by atoms with van der Waals surface area (Å²) in [5, 5.41) is 17.5. The van der Waals surface area contributed by atoms with Gasteiger partial charge < -0.3 is 15.0 Å². The van der Waals surface area contributed by atoms with Gasteiger partial charge in [0.05, 0.1) is 35.6 Å². The molecule has 0 amide bonds. The summed E-state index contributed by atoms with van der Waals surface area (Å²) in [6, 6.07) is 14.3. The fourth-order valence-electron chi connectivity index (χ4n) is 4.41. The van der Waals surface area contributed by atoms with E-state index in [1.54, 1.807) is 4.68 Å². The van der Waals surface area contributed by atoms with E-state index in [4.69, 9.17) is 14.7 Å². The number of ether oxygens (including phenoxy) is 1. The van der Waals surface area contributed by atoms with Gasteiger partial charge in [-0.3, -0.25) is 4.68 Å². The molecule has 5 aromatic rings. The maximum absolute atomic E-state index is 5.53. The molecule has 1 N–H and O–H groups in total. The molecule has 6 rings (SSSR count). The van der Waals surface area contributed by atoms with Crippen molar-refractivity contribution in [2.75, 3.05) is 36.5 Å². The van der Waals surface area contributed by atoms with Gasteiger partial charge in [0.15, 0.2) is 0 Å². The highest BCUT2D eigenvalue weighted by molar-refractivity contribution is 5.87. The molecule has 0 aliphatic carbocycles. The Morgan fingerprint density at radius 1 is 0.912 bits per heavy atom. The molecule has 1 fully saturated rings. The minimum atomic E-state index is 0.667. The van der Waals surface area contributed by atoms with Crippen molar-refractivity contribution in [2.24, 2.45) is 14.1 Å². The third-order valence-electron chi connectivity index (χ3n) is 6.22. The predicted octanol–water partition coefficient (Wildman–Crippen LogP) is 3.20. The molecule has 0 spiro atoms. The molecule has 1 saturated heterocycles. The van der Waals surface area contributed by atoms with E-state index in [-0.39, 0.29) is 0 Å². The van der Waals surface area contributed by atoms with Crippen LogP contribution in [0, 0.1) is 6.92 Å². The van der Waals surface area contributed by atoms with Gasteiger partial charge in [0, 0.05) is 49.9 Å². The highest BCUT2D eigenvalue weighted by atomic mass is 16.5. The van der Waals surface area contributed by atoms with Gasteiger partial charge in [-0.2, -0.15) is 10.1 Å². The number of aromatic nitrogens is 7.